The van der Waals surface area contributed by atoms with Gasteiger partial charge in [-0.25, -0.2) is 0 Å². The summed E-state index contributed by atoms with van der Waals surface area (Å²) in [6.07, 6.45) is 7.22. The van der Waals surface area contributed by atoms with Gasteiger partial charge in [0.05, 0.1) is 0 Å². The van der Waals surface area contributed by atoms with Gasteiger partial charge >= 0.3 is 0 Å². The Balaban J connectivity index is 2.01. The lowest BCUT2D eigenvalue weighted by Crippen LogP contribution is -2.27. The monoisotopic (exact) mass is 237 g/mol. The molecule has 0 amide bonds. The number of hydrogen-bond acceptors (Lipinski definition) is 2. The first kappa shape index (κ1) is 12.1. The summed E-state index contributed by atoms with van der Waals surface area (Å²) in [4.78, 5) is 1.59. The molecule has 1 aromatic heterocycles. The van der Waals surface area contributed by atoms with Crippen LogP contribution in [0, 0.1) is 5.92 Å². The van der Waals surface area contributed by atoms with E-state index in [-0.39, 0.29) is 0 Å². The smallest absolute Gasteiger partial charge is 0.00916 e. The SMILES string of the molecule is CCNCC(c1cccs1)C1CCCCC1. The van der Waals surface area contributed by atoms with Crippen LogP contribution in [-0.4, -0.2) is 13.1 Å². The fourth-order valence-electron chi connectivity index (χ4n) is 2.84. The number of rotatable bonds is 5. The maximum atomic E-state index is 3.54. The van der Waals surface area contributed by atoms with E-state index in [1.807, 2.05) is 11.3 Å². The van der Waals surface area contributed by atoms with E-state index in [9.17, 15) is 0 Å². The molecule has 1 atom stereocenters. The van der Waals surface area contributed by atoms with Gasteiger partial charge in [0.15, 0.2) is 0 Å². The van der Waals surface area contributed by atoms with Gasteiger partial charge < -0.3 is 5.32 Å². The summed E-state index contributed by atoms with van der Waals surface area (Å²) >= 11 is 1.94. The molecule has 0 spiro atoms. The molecule has 16 heavy (non-hydrogen) atoms. The van der Waals surface area contributed by atoms with E-state index in [1.165, 1.54) is 38.6 Å². The molecule has 1 heterocycles. The molecule has 1 nitrogen and oxygen atoms in total. The molecule has 1 fully saturated rings. The first-order chi connectivity index (χ1) is 7.92. The molecule has 1 unspecified atom stereocenters. The summed E-state index contributed by atoms with van der Waals surface area (Å²) in [7, 11) is 0. The van der Waals surface area contributed by atoms with Crippen LogP contribution in [0.5, 0.6) is 0 Å². The van der Waals surface area contributed by atoms with Gasteiger partial charge in [0.25, 0.3) is 0 Å². The van der Waals surface area contributed by atoms with Crippen LogP contribution in [-0.2, 0) is 0 Å². The molecule has 1 saturated carbocycles. The lowest BCUT2D eigenvalue weighted by atomic mass is 9.79. The third-order valence-electron chi connectivity index (χ3n) is 3.74. The zero-order valence-electron chi connectivity index (χ0n) is 10.2. The highest BCUT2D eigenvalue weighted by Crippen LogP contribution is 2.37. The van der Waals surface area contributed by atoms with Gasteiger partial charge in [0.1, 0.15) is 0 Å². The molecule has 0 radical (unpaired) electrons. The van der Waals surface area contributed by atoms with Crippen molar-refractivity contribution in [3.8, 4) is 0 Å². The first-order valence-electron chi connectivity index (χ1n) is 6.66. The Labute approximate surface area is 103 Å². The van der Waals surface area contributed by atoms with E-state index in [0.717, 1.165) is 18.4 Å². The van der Waals surface area contributed by atoms with Crippen LogP contribution >= 0.6 is 11.3 Å². The van der Waals surface area contributed by atoms with Gasteiger partial charge in [0, 0.05) is 17.3 Å². The van der Waals surface area contributed by atoms with Crippen LogP contribution in [0.4, 0.5) is 0 Å². The van der Waals surface area contributed by atoms with E-state index in [2.05, 4.69) is 29.8 Å². The van der Waals surface area contributed by atoms with Crippen molar-refractivity contribution >= 4 is 11.3 Å². The fourth-order valence-corrected chi connectivity index (χ4v) is 3.76. The quantitative estimate of drug-likeness (QED) is 0.815. The van der Waals surface area contributed by atoms with Crippen LogP contribution in [0.3, 0.4) is 0 Å². The number of nitrogens with one attached hydrogen (secondary N) is 1. The summed E-state index contributed by atoms with van der Waals surface area (Å²) in [6.45, 7) is 4.46. The highest BCUT2D eigenvalue weighted by atomic mass is 32.1. The third-order valence-corrected chi connectivity index (χ3v) is 4.75. The summed E-state index contributed by atoms with van der Waals surface area (Å²) in [5, 5.41) is 5.76. The van der Waals surface area contributed by atoms with Crippen molar-refractivity contribution in [2.24, 2.45) is 5.92 Å². The lowest BCUT2D eigenvalue weighted by Gasteiger charge is -2.29. The Morgan fingerprint density at radius 1 is 1.38 bits per heavy atom. The van der Waals surface area contributed by atoms with Crippen molar-refractivity contribution < 1.29 is 0 Å². The molecule has 1 N–H and O–H groups in total. The molecule has 2 rings (SSSR count). The van der Waals surface area contributed by atoms with Crippen molar-refractivity contribution in [3.05, 3.63) is 22.4 Å². The minimum Gasteiger partial charge on any atom is -0.316 e. The predicted molar refractivity (Wildman–Crippen MR) is 72.2 cm³/mol. The third kappa shape index (κ3) is 3.08. The van der Waals surface area contributed by atoms with Crippen molar-refractivity contribution in [2.75, 3.05) is 13.1 Å². The number of thiophene rings is 1. The lowest BCUT2D eigenvalue weighted by molar-refractivity contribution is 0.300. The molecule has 2 heteroatoms. The average Bonchev–Trinajstić information content (AvgIpc) is 2.85. The Bertz CT molecular complexity index is 275. The van der Waals surface area contributed by atoms with Crippen molar-refractivity contribution in [1.29, 1.82) is 0 Å². The average molecular weight is 237 g/mol. The van der Waals surface area contributed by atoms with E-state index in [1.54, 1.807) is 4.88 Å². The maximum Gasteiger partial charge on any atom is 0.00916 e. The Kier molecular flexibility index (Phi) is 4.86. The summed E-state index contributed by atoms with van der Waals surface area (Å²) in [5.41, 5.74) is 0. The zero-order valence-corrected chi connectivity index (χ0v) is 11.1. The topological polar surface area (TPSA) is 12.0 Å². The predicted octanol–water partition coefficient (Wildman–Crippen LogP) is 4.02. The molecular formula is C14H23NS. The second-order valence-corrected chi connectivity index (χ2v) is 5.81. The van der Waals surface area contributed by atoms with Crippen molar-refractivity contribution in [2.45, 2.75) is 44.9 Å². The van der Waals surface area contributed by atoms with Crippen LogP contribution < -0.4 is 5.32 Å². The highest BCUT2D eigenvalue weighted by Gasteiger charge is 2.25. The van der Waals surface area contributed by atoms with Crippen molar-refractivity contribution in [1.82, 2.24) is 5.32 Å². The minimum absolute atomic E-state index is 0.764. The highest BCUT2D eigenvalue weighted by molar-refractivity contribution is 7.10. The van der Waals surface area contributed by atoms with E-state index in [4.69, 9.17) is 0 Å². The standard InChI is InChI=1S/C14H23NS/c1-2-15-11-13(14-9-6-10-16-14)12-7-4-3-5-8-12/h6,9-10,12-13,15H,2-5,7-8,11H2,1H3. The van der Waals surface area contributed by atoms with Gasteiger partial charge in [-0.05, 0) is 36.8 Å². The van der Waals surface area contributed by atoms with E-state index < -0.39 is 0 Å². The molecule has 1 aliphatic carbocycles. The second kappa shape index (κ2) is 6.41. The molecule has 1 aromatic rings. The Hall–Kier alpha value is -0.340. The van der Waals surface area contributed by atoms with Gasteiger partial charge in [-0.3, -0.25) is 0 Å². The van der Waals surface area contributed by atoms with Gasteiger partial charge in [0.2, 0.25) is 0 Å². The van der Waals surface area contributed by atoms with E-state index >= 15 is 0 Å². The molecule has 0 aromatic carbocycles. The van der Waals surface area contributed by atoms with Gasteiger partial charge in [-0.15, -0.1) is 11.3 Å². The second-order valence-electron chi connectivity index (χ2n) is 4.83. The number of hydrogen-bond donors (Lipinski definition) is 1. The van der Waals surface area contributed by atoms with Crippen LogP contribution in [0.25, 0.3) is 0 Å². The number of likely N-dealkylation sites (N-methyl/N-ethyl adjacent to an activating group) is 1. The summed E-state index contributed by atoms with van der Waals surface area (Å²) < 4.78 is 0. The molecule has 0 saturated heterocycles. The molecular weight excluding hydrogens is 214 g/mol. The zero-order chi connectivity index (χ0) is 11.2. The van der Waals surface area contributed by atoms with E-state index in [0.29, 0.717) is 0 Å². The van der Waals surface area contributed by atoms with Gasteiger partial charge in [-0.2, -0.15) is 0 Å². The van der Waals surface area contributed by atoms with Crippen LogP contribution in [0.15, 0.2) is 17.5 Å². The van der Waals surface area contributed by atoms with Gasteiger partial charge in [-0.1, -0.05) is 32.3 Å². The minimum atomic E-state index is 0.764. The van der Waals surface area contributed by atoms with Crippen molar-refractivity contribution in [3.63, 3.8) is 0 Å². The first-order valence-corrected chi connectivity index (χ1v) is 7.54. The van der Waals surface area contributed by atoms with Crippen LogP contribution in [0.2, 0.25) is 0 Å². The van der Waals surface area contributed by atoms with Crippen LogP contribution in [0.1, 0.15) is 49.8 Å². The molecule has 1 aliphatic rings. The summed E-state index contributed by atoms with van der Waals surface area (Å²) in [5.74, 6) is 1.69. The normalized spacial score (nSPS) is 19.8. The Morgan fingerprint density at radius 2 is 2.19 bits per heavy atom. The Morgan fingerprint density at radius 3 is 2.81 bits per heavy atom. The largest absolute Gasteiger partial charge is 0.316 e. The summed E-state index contributed by atoms with van der Waals surface area (Å²) in [6, 6.07) is 4.52. The molecule has 0 aliphatic heterocycles. The maximum absolute atomic E-state index is 3.54. The fraction of sp³-hybridized carbons (Fsp3) is 0.714. The molecule has 0 bridgehead atoms. The molecule has 90 valence electrons.